The predicted molar refractivity (Wildman–Crippen MR) is 112 cm³/mol. The van der Waals surface area contributed by atoms with Crippen molar-refractivity contribution in [3.63, 3.8) is 0 Å². The van der Waals surface area contributed by atoms with Crippen molar-refractivity contribution in [1.29, 1.82) is 0 Å². The molecule has 158 valence electrons. The first-order valence-corrected chi connectivity index (χ1v) is 11.7. The lowest BCUT2D eigenvalue weighted by molar-refractivity contribution is -0.142. The van der Waals surface area contributed by atoms with Crippen LogP contribution in [0.15, 0.2) is 0 Å². The molecule has 4 heteroatoms. The van der Waals surface area contributed by atoms with E-state index in [1.807, 2.05) is 0 Å². The van der Waals surface area contributed by atoms with Gasteiger partial charge in [-0.05, 0) is 12.8 Å². The summed E-state index contributed by atoms with van der Waals surface area (Å²) >= 11 is 0. The number of amides is 1. The summed E-state index contributed by atoms with van der Waals surface area (Å²) in [4.78, 5) is 23.4. The third-order valence-corrected chi connectivity index (χ3v) is 5.78. The quantitative estimate of drug-likeness (QED) is 0.554. The molecule has 0 aromatic carbocycles. The van der Waals surface area contributed by atoms with Gasteiger partial charge in [0, 0.05) is 6.42 Å². The Morgan fingerprint density at radius 1 is 0.630 bits per heavy atom. The monoisotopic (exact) mass is 381 g/mol. The molecule has 0 unspecified atom stereocenters. The largest absolute Gasteiger partial charge is 0.480 e. The molecule has 1 heterocycles. The molecule has 1 atom stereocenters. The van der Waals surface area contributed by atoms with Crippen LogP contribution in [0.4, 0.5) is 0 Å². The van der Waals surface area contributed by atoms with Crippen LogP contribution in [-0.4, -0.2) is 23.0 Å². The van der Waals surface area contributed by atoms with Crippen molar-refractivity contribution in [2.24, 2.45) is 0 Å². The topological polar surface area (TPSA) is 66.4 Å². The van der Waals surface area contributed by atoms with Crippen LogP contribution >= 0.6 is 0 Å². The van der Waals surface area contributed by atoms with E-state index in [4.69, 9.17) is 0 Å². The Morgan fingerprint density at radius 3 is 1.33 bits per heavy atom. The van der Waals surface area contributed by atoms with Gasteiger partial charge in [0.25, 0.3) is 0 Å². The summed E-state index contributed by atoms with van der Waals surface area (Å²) in [5, 5.41) is 12.1. The van der Waals surface area contributed by atoms with Crippen molar-refractivity contribution in [2.45, 2.75) is 134 Å². The van der Waals surface area contributed by atoms with Gasteiger partial charge >= 0.3 is 5.97 Å². The molecule has 0 saturated carbocycles. The minimum absolute atomic E-state index is 0.0965. The van der Waals surface area contributed by atoms with Gasteiger partial charge < -0.3 is 10.4 Å². The van der Waals surface area contributed by atoms with Crippen LogP contribution in [-0.2, 0) is 9.59 Å². The molecule has 1 amide bonds. The number of carbonyl (C=O) groups excluding carboxylic acids is 1. The van der Waals surface area contributed by atoms with Crippen LogP contribution < -0.4 is 5.32 Å². The minimum Gasteiger partial charge on any atom is -0.480 e. The molecule has 1 aliphatic rings. The summed E-state index contributed by atoms with van der Waals surface area (Å²) in [5.74, 6) is -0.991. The molecule has 1 fully saturated rings. The number of nitrogens with one attached hydrogen (secondary N) is 1. The van der Waals surface area contributed by atoms with Crippen molar-refractivity contribution < 1.29 is 14.7 Å². The lowest BCUT2D eigenvalue weighted by Crippen LogP contribution is -2.40. The van der Waals surface area contributed by atoms with Crippen molar-refractivity contribution in [1.82, 2.24) is 5.32 Å². The van der Waals surface area contributed by atoms with Gasteiger partial charge in [0.15, 0.2) is 0 Å². The normalized spacial score (nSPS) is 24.6. The lowest BCUT2D eigenvalue weighted by atomic mass is 10.0. The third-order valence-electron chi connectivity index (χ3n) is 5.78. The van der Waals surface area contributed by atoms with Crippen LogP contribution in [0.3, 0.4) is 0 Å². The fourth-order valence-electron chi connectivity index (χ4n) is 3.99. The second-order valence-corrected chi connectivity index (χ2v) is 8.36. The first kappa shape index (κ1) is 24.0. The Hall–Kier alpha value is -1.06. The standard InChI is InChI=1S/C23H43NO3/c25-22-20-18-16-14-12-10-8-6-4-2-1-3-5-7-9-11-13-15-17-19-21(24-22)23(26)27/h21H,1-20H2,(H,24,25)(H,26,27)/t21-/m0/s1. The number of hydrogen-bond acceptors (Lipinski definition) is 2. The molecule has 0 aromatic rings. The molecule has 1 aliphatic heterocycles. The average molecular weight is 382 g/mol. The lowest BCUT2D eigenvalue weighted by Gasteiger charge is -2.14. The van der Waals surface area contributed by atoms with E-state index in [0.29, 0.717) is 12.8 Å². The van der Waals surface area contributed by atoms with E-state index in [2.05, 4.69) is 5.32 Å². The molecule has 1 rings (SSSR count). The highest BCUT2D eigenvalue weighted by molar-refractivity contribution is 5.83. The Morgan fingerprint density at radius 2 is 0.963 bits per heavy atom. The summed E-state index contributed by atoms with van der Waals surface area (Å²) in [6.07, 6.45) is 23.4. The first-order valence-electron chi connectivity index (χ1n) is 11.7. The molecule has 1 saturated heterocycles. The number of rotatable bonds is 1. The average Bonchev–Trinajstić information content (AvgIpc) is 2.64. The van der Waals surface area contributed by atoms with Crippen LogP contribution in [0.25, 0.3) is 0 Å². The molecule has 0 aromatic heterocycles. The Bertz CT molecular complexity index is 384. The van der Waals surface area contributed by atoms with E-state index in [9.17, 15) is 14.7 Å². The highest BCUT2D eigenvalue weighted by atomic mass is 16.4. The molecule has 4 nitrogen and oxygen atoms in total. The summed E-state index contributed by atoms with van der Waals surface area (Å²) < 4.78 is 0. The van der Waals surface area contributed by atoms with Crippen LogP contribution in [0, 0.1) is 0 Å². The number of carboxylic acid groups (broad SMARTS) is 1. The van der Waals surface area contributed by atoms with Crippen LogP contribution in [0.2, 0.25) is 0 Å². The van der Waals surface area contributed by atoms with E-state index >= 15 is 0 Å². The Kier molecular flexibility index (Phi) is 15.2. The van der Waals surface area contributed by atoms with Crippen molar-refractivity contribution in [2.75, 3.05) is 0 Å². The van der Waals surface area contributed by atoms with E-state index in [1.54, 1.807) is 0 Å². The molecule has 2 N–H and O–H groups in total. The van der Waals surface area contributed by atoms with E-state index in [-0.39, 0.29) is 5.91 Å². The van der Waals surface area contributed by atoms with E-state index in [0.717, 1.165) is 25.7 Å². The van der Waals surface area contributed by atoms with E-state index < -0.39 is 12.0 Å². The van der Waals surface area contributed by atoms with Crippen molar-refractivity contribution in [3.8, 4) is 0 Å². The fourth-order valence-corrected chi connectivity index (χ4v) is 3.99. The highest BCUT2D eigenvalue weighted by Gasteiger charge is 2.18. The molecular weight excluding hydrogens is 338 g/mol. The van der Waals surface area contributed by atoms with Gasteiger partial charge in [0.05, 0.1) is 0 Å². The highest BCUT2D eigenvalue weighted by Crippen LogP contribution is 2.15. The molecule has 0 aliphatic carbocycles. The zero-order chi connectivity index (χ0) is 19.6. The molecular formula is C23H43NO3. The second kappa shape index (κ2) is 17.1. The fraction of sp³-hybridized carbons (Fsp3) is 0.913. The maximum atomic E-state index is 12.0. The zero-order valence-corrected chi connectivity index (χ0v) is 17.5. The van der Waals surface area contributed by atoms with Crippen molar-refractivity contribution in [3.05, 3.63) is 0 Å². The molecule has 0 spiro atoms. The van der Waals surface area contributed by atoms with E-state index in [1.165, 1.54) is 89.9 Å². The number of carboxylic acids is 1. The van der Waals surface area contributed by atoms with Gasteiger partial charge in [-0.2, -0.15) is 0 Å². The SMILES string of the molecule is O=C1CCCCCCCCCCCCCCCCCCCC[C@@H](C(=O)O)N1. The van der Waals surface area contributed by atoms with Crippen LogP contribution in [0.1, 0.15) is 128 Å². The third kappa shape index (κ3) is 14.6. The van der Waals surface area contributed by atoms with Gasteiger partial charge in [-0.3, -0.25) is 4.79 Å². The van der Waals surface area contributed by atoms with Gasteiger partial charge in [0.2, 0.25) is 5.91 Å². The molecule has 27 heavy (non-hydrogen) atoms. The summed E-state index contributed by atoms with van der Waals surface area (Å²) in [6, 6.07) is -0.709. The Labute approximate surface area is 166 Å². The summed E-state index contributed by atoms with van der Waals surface area (Å²) in [6.45, 7) is 0. The van der Waals surface area contributed by atoms with Crippen LogP contribution in [0.5, 0.6) is 0 Å². The molecule has 0 bridgehead atoms. The first-order chi connectivity index (χ1) is 13.2. The maximum Gasteiger partial charge on any atom is 0.326 e. The van der Waals surface area contributed by atoms with Gasteiger partial charge in [0.1, 0.15) is 6.04 Å². The van der Waals surface area contributed by atoms with Crippen molar-refractivity contribution >= 4 is 11.9 Å². The van der Waals surface area contributed by atoms with Gasteiger partial charge in [-0.1, -0.05) is 109 Å². The predicted octanol–water partition coefficient (Wildman–Crippen LogP) is 6.37. The number of hydrogen-bond donors (Lipinski definition) is 2. The molecule has 0 radical (unpaired) electrons. The smallest absolute Gasteiger partial charge is 0.326 e. The summed E-state index contributed by atoms with van der Waals surface area (Å²) in [7, 11) is 0. The summed E-state index contributed by atoms with van der Waals surface area (Å²) in [5.41, 5.74) is 0. The Balaban J connectivity index is 2.29. The maximum absolute atomic E-state index is 12.0. The van der Waals surface area contributed by atoms with Gasteiger partial charge in [-0.15, -0.1) is 0 Å². The number of aliphatic carboxylic acids is 1. The zero-order valence-electron chi connectivity index (χ0n) is 17.5. The second-order valence-electron chi connectivity index (χ2n) is 8.36. The number of carbonyl (C=O) groups is 2. The minimum atomic E-state index is -0.895. The van der Waals surface area contributed by atoms with Gasteiger partial charge in [-0.25, -0.2) is 4.79 Å².